The average molecular weight is 577 g/mol. The number of nitrogens with one attached hydrogen (secondary N) is 4. The molecule has 0 spiro atoms. The van der Waals surface area contributed by atoms with Gasteiger partial charge in [-0.2, -0.15) is 0 Å². The van der Waals surface area contributed by atoms with Crippen LogP contribution in [0, 0.1) is 5.92 Å². The predicted molar refractivity (Wildman–Crippen MR) is 158 cm³/mol. The number of hydrazine groups is 1. The molecule has 2 rings (SSSR count). The van der Waals surface area contributed by atoms with E-state index < -0.39 is 10.0 Å². The van der Waals surface area contributed by atoms with Gasteiger partial charge in [0.15, 0.2) is 0 Å². The Labute approximate surface area is 238 Å². The van der Waals surface area contributed by atoms with E-state index in [2.05, 4.69) is 32.7 Å². The molecule has 1 atom stereocenters. The molecule has 40 heavy (non-hydrogen) atoms. The lowest BCUT2D eigenvalue weighted by molar-refractivity contribution is -0.251. The van der Waals surface area contributed by atoms with Crippen LogP contribution in [0.3, 0.4) is 0 Å². The highest BCUT2D eigenvalue weighted by molar-refractivity contribution is 7.92. The van der Waals surface area contributed by atoms with Crippen molar-refractivity contribution in [3.05, 3.63) is 48.5 Å². The minimum atomic E-state index is -3.91. The van der Waals surface area contributed by atoms with E-state index in [4.69, 9.17) is 5.26 Å². The highest BCUT2D eigenvalue weighted by Gasteiger charge is 2.17. The van der Waals surface area contributed by atoms with E-state index in [-0.39, 0.29) is 29.7 Å². The molecule has 2 amide bonds. The van der Waals surface area contributed by atoms with E-state index in [1.54, 1.807) is 36.4 Å². The van der Waals surface area contributed by atoms with E-state index in [0.29, 0.717) is 23.5 Å². The Bertz CT molecular complexity index is 1110. The third-order valence-corrected chi connectivity index (χ3v) is 7.97. The van der Waals surface area contributed by atoms with Crippen molar-refractivity contribution in [1.29, 1.82) is 0 Å². The van der Waals surface area contributed by atoms with Crippen LogP contribution in [0.15, 0.2) is 53.4 Å². The van der Waals surface area contributed by atoms with Gasteiger partial charge in [0.05, 0.1) is 17.2 Å². The first-order chi connectivity index (χ1) is 19.4. The molecule has 0 saturated carbocycles. The van der Waals surface area contributed by atoms with Crippen LogP contribution in [0.25, 0.3) is 0 Å². The number of sulfonamides is 1. The van der Waals surface area contributed by atoms with Crippen LogP contribution in [0.1, 0.15) is 84.0 Å². The number of unbranched alkanes of at least 4 members (excludes halogenated alkanes) is 9. The summed E-state index contributed by atoms with van der Waals surface area (Å²) >= 11 is 0. The monoisotopic (exact) mass is 576 g/mol. The van der Waals surface area contributed by atoms with E-state index in [1.807, 2.05) is 0 Å². The average Bonchev–Trinajstić information content (AvgIpc) is 2.93. The molecule has 11 heteroatoms. The number of hydrogen-bond acceptors (Lipinski definition) is 7. The lowest BCUT2D eigenvalue weighted by Gasteiger charge is -2.15. The van der Waals surface area contributed by atoms with Crippen LogP contribution >= 0.6 is 0 Å². The summed E-state index contributed by atoms with van der Waals surface area (Å²) in [5, 5.41) is 11.7. The third kappa shape index (κ3) is 13.3. The van der Waals surface area contributed by atoms with Gasteiger partial charge in [-0.25, -0.2) is 13.3 Å². The van der Waals surface area contributed by atoms with E-state index in [9.17, 15) is 18.0 Å². The zero-order valence-electron chi connectivity index (χ0n) is 23.4. The molecule has 1 unspecified atom stereocenters. The van der Waals surface area contributed by atoms with Gasteiger partial charge in [-0.05, 0) is 54.8 Å². The fraction of sp³-hybridized carbons (Fsp3) is 0.517. The number of benzene rings is 2. The summed E-state index contributed by atoms with van der Waals surface area (Å²) in [4.78, 5) is 27.4. The standard InChI is InChI=1S/C29H44N4O6S/c1-2-3-4-5-6-7-8-9-10-11-13-24(22-39-36)20-29(35)31-27-14-12-15-28(21-27)40(37,38)33-26-18-16-25(17-19-26)32-30-23-34/h12,14-19,21,23-24,32-33,36H,2-11,13,20,22H2,1H3,(H,30,34)(H,31,35). The number of carbonyl (C=O) groups excluding carboxylic acids is 2. The maximum Gasteiger partial charge on any atom is 0.261 e. The first kappa shape index (κ1) is 33.1. The molecule has 0 aliphatic rings. The molecule has 0 heterocycles. The molecule has 10 nitrogen and oxygen atoms in total. The van der Waals surface area contributed by atoms with Gasteiger partial charge in [-0.3, -0.25) is 30.4 Å². The van der Waals surface area contributed by atoms with Crippen molar-refractivity contribution < 1.29 is 28.2 Å². The van der Waals surface area contributed by atoms with Crippen LogP contribution in [-0.2, 0) is 24.5 Å². The molecular formula is C29H44N4O6S. The largest absolute Gasteiger partial charge is 0.326 e. The molecule has 0 aromatic heterocycles. The second-order valence-electron chi connectivity index (χ2n) is 9.98. The van der Waals surface area contributed by atoms with Crippen molar-refractivity contribution in [1.82, 2.24) is 5.43 Å². The van der Waals surface area contributed by atoms with Gasteiger partial charge in [0.1, 0.15) is 0 Å². The number of amides is 2. The van der Waals surface area contributed by atoms with Crippen molar-refractivity contribution in [2.75, 3.05) is 22.1 Å². The minimum Gasteiger partial charge on any atom is -0.326 e. The summed E-state index contributed by atoms with van der Waals surface area (Å²) in [6.45, 7) is 2.30. The highest BCUT2D eigenvalue weighted by atomic mass is 32.2. The van der Waals surface area contributed by atoms with Crippen molar-refractivity contribution in [2.45, 2.75) is 88.9 Å². The van der Waals surface area contributed by atoms with Crippen molar-refractivity contribution >= 4 is 39.4 Å². The van der Waals surface area contributed by atoms with Gasteiger partial charge in [-0.1, -0.05) is 77.2 Å². The van der Waals surface area contributed by atoms with Crippen LogP contribution in [0.4, 0.5) is 17.1 Å². The normalized spacial score (nSPS) is 11.9. The first-order valence-corrected chi connectivity index (χ1v) is 15.6. The Morgan fingerprint density at radius 2 is 1.52 bits per heavy atom. The molecule has 0 aliphatic heterocycles. The highest BCUT2D eigenvalue weighted by Crippen LogP contribution is 2.22. The van der Waals surface area contributed by atoms with Crippen molar-refractivity contribution in [3.63, 3.8) is 0 Å². The van der Waals surface area contributed by atoms with Crippen molar-refractivity contribution in [3.8, 4) is 0 Å². The predicted octanol–water partition coefficient (Wildman–Crippen LogP) is 6.31. The summed E-state index contributed by atoms with van der Waals surface area (Å²) in [7, 11) is -3.91. The van der Waals surface area contributed by atoms with Gasteiger partial charge in [0.2, 0.25) is 12.3 Å². The SMILES string of the molecule is CCCCCCCCCCCCC(COO)CC(=O)Nc1cccc(S(=O)(=O)Nc2ccc(NNC=O)cc2)c1. The second kappa shape index (κ2) is 19.0. The molecule has 2 aromatic carbocycles. The smallest absolute Gasteiger partial charge is 0.261 e. The van der Waals surface area contributed by atoms with Crippen LogP contribution in [0.5, 0.6) is 0 Å². The fourth-order valence-electron chi connectivity index (χ4n) is 4.43. The Hall–Kier alpha value is -3.15. The minimum absolute atomic E-state index is 0.00396. The quantitative estimate of drug-likeness (QED) is 0.0478. The Morgan fingerprint density at radius 3 is 2.15 bits per heavy atom. The summed E-state index contributed by atoms with van der Waals surface area (Å²) in [6, 6.07) is 12.3. The zero-order valence-corrected chi connectivity index (χ0v) is 24.2. The lowest BCUT2D eigenvalue weighted by atomic mass is 9.97. The molecule has 5 N–H and O–H groups in total. The van der Waals surface area contributed by atoms with Gasteiger partial charge < -0.3 is 5.32 Å². The summed E-state index contributed by atoms with van der Waals surface area (Å²) in [5.74, 6) is -0.407. The van der Waals surface area contributed by atoms with Gasteiger partial charge in [0, 0.05) is 17.8 Å². The van der Waals surface area contributed by atoms with Gasteiger partial charge in [-0.15, -0.1) is 0 Å². The maximum atomic E-state index is 12.9. The van der Waals surface area contributed by atoms with Crippen LogP contribution < -0.4 is 20.9 Å². The number of carbonyl (C=O) groups is 2. The molecule has 0 saturated heterocycles. The molecule has 0 aliphatic carbocycles. The molecule has 222 valence electrons. The van der Waals surface area contributed by atoms with E-state index in [0.717, 1.165) is 19.3 Å². The number of hydrogen-bond donors (Lipinski definition) is 5. The summed E-state index contributed by atoms with van der Waals surface area (Å²) in [5.41, 5.74) is 6.21. The van der Waals surface area contributed by atoms with Gasteiger partial charge in [0.25, 0.3) is 10.0 Å². The third-order valence-electron chi connectivity index (χ3n) is 6.59. The molecule has 0 bridgehead atoms. The summed E-state index contributed by atoms with van der Waals surface area (Å²) in [6.07, 6.45) is 13.6. The molecular weight excluding hydrogens is 532 g/mol. The van der Waals surface area contributed by atoms with Crippen LogP contribution in [0.2, 0.25) is 0 Å². The first-order valence-electron chi connectivity index (χ1n) is 14.1. The molecule has 2 aromatic rings. The lowest BCUT2D eigenvalue weighted by Crippen LogP contribution is -2.20. The topological polar surface area (TPSA) is 146 Å². The number of rotatable bonds is 22. The van der Waals surface area contributed by atoms with E-state index >= 15 is 0 Å². The Balaban J connectivity index is 1.81. The Kier molecular flexibility index (Phi) is 15.7. The van der Waals surface area contributed by atoms with E-state index in [1.165, 1.54) is 63.5 Å². The maximum absolute atomic E-state index is 12.9. The Morgan fingerprint density at radius 1 is 0.900 bits per heavy atom. The fourth-order valence-corrected chi connectivity index (χ4v) is 5.54. The molecule has 0 radical (unpaired) electrons. The van der Waals surface area contributed by atoms with Crippen LogP contribution in [-0.4, -0.2) is 32.6 Å². The van der Waals surface area contributed by atoms with Gasteiger partial charge >= 0.3 is 0 Å². The second-order valence-corrected chi connectivity index (χ2v) is 11.7. The zero-order chi connectivity index (χ0) is 29.1. The number of anilines is 3. The molecule has 0 fully saturated rings. The van der Waals surface area contributed by atoms with Crippen molar-refractivity contribution in [2.24, 2.45) is 5.92 Å². The summed E-state index contributed by atoms with van der Waals surface area (Å²) < 4.78 is 28.3.